The Hall–Kier alpha value is -1.14. The first-order valence-electron chi connectivity index (χ1n) is 2.95. The molecule has 0 aliphatic carbocycles. The number of hydrogen-bond acceptors (Lipinski definition) is 3. The van der Waals surface area contributed by atoms with E-state index in [1.165, 1.54) is 6.08 Å². The van der Waals surface area contributed by atoms with Crippen molar-refractivity contribution in [1.82, 2.24) is 5.32 Å². The summed E-state index contributed by atoms with van der Waals surface area (Å²) in [4.78, 5) is 9.88. The van der Waals surface area contributed by atoms with Crippen LogP contribution in [-0.2, 0) is 14.9 Å². The SMILES string of the molecule is C=CCNC(=O)C(=C)S(=O)(=O)O. The van der Waals surface area contributed by atoms with Gasteiger partial charge in [0.2, 0.25) is 0 Å². The third-order valence-electron chi connectivity index (χ3n) is 0.972. The third-order valence-corrected chi connectivity index (χ3v) is 1.78. The molecule has 0 aromatic rings. The Kier molecular flexibility index (Phi) is 3.65. The second-order valence-corrected chi connectivity index (χ2v) is 3.34. The lowest BCUT2D eigenvalue weighted by molar-refractivity contribution is -0.116. The van der Waals surface area contributed by atoms with Crippen LogP contribution in [-0.4, -0.2) is 25.4 Å². The molecule has 0 radical (unpaired) electrons. The van der Waals surface area contributed by atoms with Gasteiger partial charge in [0.05, 0.1) is 0 Å². The number of rotatable bonds is 4. The molecule has 0 unspecified atom stereocenters. The highest BCUT2D eigenvalue weighted by molar-refractivity contribution is 7.90. The molecule has 0 aliphatic heterocycles. The summed E-state index contributed by atoms with van der Waals surface area (Å²) in [7, 11) is -4.47. The first kappa shape index (κ1) is 10.9. The second kappa shape index (κ2) is 4.03. The summed E-state index contributed by atoms with van der Waals surface area (Å²) in [5.74, 6) is -0.933. The van der Waals surface area contributed by atoms with Crippen LogP contribution in [0.4, 0.5) is 0 Å². The van der Waals surface area contributed by atoms with Gasteiger partial charge in [-0.2, -0.15) is 8.42 Å². The quantitative estimate of drug-likeness (QED) is 0.362. The third kappa shape index (κ3) is 3.31. The average Bonchev–Trinajstić information content (AvgIpc) is 1.97. The molecule has 0 aliphatic rings. The zero-order chi connectivity index (χ0) is 9.78. The van der Waals surface area contributed by atoms with Gasteiger partial charge in [0.15, 0.2) is 4.91 Å². The largest absolute Gasteiger partial charge is 0.348 e. The number of hydrogen-bond donors (Lipinski definition) is 2. The fourth-order valence-corrected chi connectivity index (χ4v) is 0.687. The van der Waals surface area contributed by atoms with E-state index in [1.807, 2.05) is 0 Å². The molecule has 0 rings (SSSR count). The molecule has 6 heteroatoms. The minimum absolute atomic E-state index is 0.118. The van der Waals surface area contributed by atoms with E-state index < -0.39 is 20.9 Å². The van der Waals surface area contributed by atoms with Crippen LogP contribution in [0.5, 0.6) is 0 Å². The van der Waals surface area contributed by atoms with Crippen LogP contribution in [0.25, 0.3) is 0 Å². The summed E-state index contributed by atoms with van der Waals surface area (Å²) in [6.45, 7) is 6.31. The highest BCUT2D eigenvalue weighted by Gasteiger charge is 2.18. The Labute approximate surface area is 70.5 Å². The fourth-order valence-electron chi connectivity index (χ4n) is 0.381. The predicted octanol–water partition coefficient (Wildman–Crippen LogP) is -0.310. The zero-order valence-electron chi connectivity index (χ0n) is 6.28. The molecule has 5 nitrogen and oxygen atoms in total. The van der Waals surface area contributed by atoms with E-state index in [1.54, 1.807) is 0 Å². The molecule has 68 valence electrons. The Bertz CT molecular complexity index is 304. The first-order valence-corrected chi connectivity index (χ1v) is 4.39. The van der Waals surface area contributed by atoms with Crippen LogP contribution >= 0.6 is 0 Å². The maximum absolute atomic E-state index is 10.8. The molecule has 0 aromatic carbocycles. The lowest BCUT2D eigenvalue weighted by Crippen LogP contribution is -2.27. The van der Waals surface area contributed by atoms with Gasteiger partial charge in [0, 0.05) is 6.54 Å². The van der Waals surface area contributed by atoms with Gasteiger partial charge in [-0.15, -0.1) is 6.58 Å². The second-order valence-electron chi connectivity index (χ2n) is 1.90. The maximum atomic E-state index is 10.8. The maximum Gasteiger partial charge on any atom is 0.299 e. The van der Waals surface area contributed by atoms with Crippen molar-refractivity contribution in [3.05, 3.63) is 24.1 Å². The Morgan fingerprint density at radius 1 is 1.58 bits per heavy atom. The van der Waals surface area contributed by atoms with Gasteiger partial charge in [0.25, 0.3) is 16.0 Å². The normalized spacial score (nSPS) is 10.4. The van der Waals surface area contributed by atoms with Crippen molar-refractivity contribution in [2.24, 2.45) is 0 Å². The monoisotopic (exact) mass is 191 g/mol. The van der Waals surface area contributed by atoms with E-state index in [0.717, 1.165) is 0 Å². The molecule has 0 atom stereocenters. The summed E-state index contributed by atoms with van der Waals surface area (Å²) in [5, 5.41) is 2.14. The highest BCUT2D eigenvalue weighted by atomic mass is 32.2. The van der Waals surface area contributed by atoms with Crippen molar-refractivity contribution in [3.8, 4) is 0 Å². The minimum Gasteiger partial charge on any atom is -0.348 e. The molecule has 0 heterocycles. The topological polar surface area (TPSA) is 83.5 Å². The van der Waals surface area contributed by atoms with Crippen molar-refractivity contribution in [2.75, 3.05) is 6.54 Å². The predicted molar refractivity (Wildman–Crippen MR) is 43.9 cm³/mol. The van der Waals surface area contributed by atoms with E-state index in [0.29, 0.717) is 0 Å². The molecule has 0 spiro atoms. The summed E-state index contributed by atoms with van der Waals surface area (Å²) >= 11 is 0. The van der Waals surface area contributed by atoms with Crippen LogP contribution in [0.2, 0.25) is 0 Å². The highest BCUT2D eigenvalue weighted by Crippen LogP contribution is 1.99. The zero-order valence-corrected chi connectivity index (χ0v) is 7.10. The number of amides is 1. The molecule has 0 saturated heterocycles. The molecular weight excluding hydrogens is 182 g/mol. The van der Waals surface area contributed by atoms with Crippen molar-refractivity contribution >= 4 is 16.0 Å². The van der Waals surface area contributed by atoms with Gasteiger partial charge < -0.3 is 5.32 Å². The molecule has 0 fully saturated rings. The smallest absolute Gasteiger partial charge is 0.299 e. The number of carbonyl (C=O) groups excluding carboxylic acids is 1. The average molecular weight is 191 g/mol. The van der Waals surface area contributed by atoms with Crippen molar-refractivity contribution in [1.29, 1.82) is 0 Å². The van der Waals surface area contributed by atoms with Crippen molar-refractivity contribution in [3.63, 3.8) is 0 Å². The van der Waals surface area contributed by atoms with Gasteiger partial charge in [-0.1, -0.05) is 12.7 Å². The Balaban J connectivity index is 4.32. The van der Waals surface area contributed by atoms with Gasteiger partial charge in [0.1, 0.15) is 0 Å². The molecule has 1 amide bonds. The van der Waals surface area contributed by atoms with Gasteiger partial charge in [-0.25, -0.2) is 0 Å². The molecule has 12 heavy (non-hydrogen) atoms. The van der Waals surface area contributed by atoms with Gasteiger partial charge in [-0.05, 0) is 0 Å². The molecule has 0 aromatic heterocycles. The van der Waals surface area contributed by atoms with Gasteiger partial charge in [-0.3, -0.25) is 9.35 Å². The summed E-state index contributed by atoms with van der Waals surface area (Å²) in [5.41, 5.74) is 0. The number of carbonyl (C=O) groups is 1. The molecular formula is C6H9NO4S. The van der Waals surface area contributed by atoms with E-state index in [9.17, 15) is 13.2 Å². The lowest BCUT2D eigenvalue weighted by atomic mass is 10.5. The Morgan fingerprint density at radius 2 is 2.08 bits per heavy atom. The Morgan fingerprint density at radius 3 is 2.42 bits per heavy atom. The molecule has 2 N–H and O–H groups in total. The summed E-state index contributed by atoms with van der Waals surface area (Å²) in [6.07, 6.45) is 1.37. The lowest BCUT2D eigenvalue weighted by Gasteiger charge is -2.01. The van der Waals surface area contributed by atoms with E-state index in [-0.39, 0.29) is 6.54 Å². The fraction of sp³-hybridized carbons (Fsp3) is 0.167. The summed E-state index contributed by atoms with van der Waals surface area (Å²) in [6, 6.07) is 0. The van der Waals surface area contributed by atoms with Crippen LogP contribution in [0.3, 0.4) is 0 Å². The van der Waals surface area contributed by atoms with Crippen LogP contribution < -0.4 is 5.32 Å². The summed E-state index contributed by atoms with van der Waals surface area (Å²) < 4.78 is 29.0. The first-order chi connectivity index (χ1) is 5.39. The van der Waals surface area contributed by atoms with Crippen molar-refractivity contribution < 1.29 is 17.8 Å². The number of nitrogens with one attached hydrogen (secondary N) is 1. The van der Waals surface area contributed by atoms with Crippen molar-refractivity contribution in [2.45, 2.75) is 0 Å². The minimum atomic E-state index is -4.47. The van der Waals surface area contributed by atoms with Crippen LogP contribution in [0.1, 0.15) is 0 Å². The molecule has 0 saturated carbocycles. The van der Waals surface area contributed by atoms with E-state index >= 15 is 0 Å². The molecule has 0 bridgehead atoms. The van der Waals surface area contributed by atoms with E-state index in [2.05, 4.69) is 18.5 Å². The standard InChI is InChI=1S/C6H9NO4S/c1-3-4-7-6(8)5(2)12(9,10)11/h3H,1-2,4H2,(H,7,8)(H,9,10,11). The van der Waals surface area contributed by atoms with E-state index in [4.69, 9.17) is 4.55 Å². The van der Waals surface area contributed by atoms with Gasteiger partial charge >= 0.3 is 0 Å². The van der Waals surface area contributed by atoms with Crippen LogP contribution in [0, 0.1) is 0 Å². The van der Waals surface area contributed by atoms with Crippen LogP contribution in [0.15, 0.2) is 24.1 Å².